The number of aromatic nitrogens is 2. The van der Waals surface area contributed by atoms with Crippen LogP contribution >= 0.6 is 0 Å². The van der Waals surface area contributed by atoms with Crippen molar-refractivity contribution in [2.45, 2.75) is 58.0 Å². The monoisotopic (exact) mass is 292 g/mol. The minimum Gasteiger partial charge on any atom is -0.374 e. The van der Waals surface area contributed by atoms with Crippen molar-refractivity contribution in [2.24, 2.45) is 0 Å². The molecule has 21 heavy (non-hydrogen) atoms. The average molecular weight is 292 g/mol. The molecular formula is C15H24N4O2. The van der Waals surface area contributed by atoms with Crippen LogP contribution < -0.4 is 10.6 Å². The Morgan fingerprint density at radius 3 is 2.81 bits per heavy atom. The van der Waals surface area contributed by atoms with Gasteiger partial charge in [-0.05, 0) is 33.1 Å². The molecule has 0 spiro atoms. The fourth-order valence-corrected chi connectivity index (χ4v) is 3.08. The molecule has 2 saturated heterocycles. The maximum absolute atomic E-state index is 5.88. The van der Waals surface area contributed by atoms with Gasteiger partial charge in [0, 0.05) is 19.2 Å². The molecule has 0 radical (unpaired) electrons. The fraction of sp³-hybridized carbons (Fsp3) is 0.733. The molecule has 2 aliphatic rings. The summed E-state index contributed by atoms with van der Waals surface area (Å²) in [5, 5.41) is 6.76. The number of hydrogen-bond donors (Lipinski definition) is 2. The van der Waals surface area contributed by atoms with Crippen molar-refractivity contribution in [2.75, 3.05) is 23.8 Å². The van der Waals surface area contributed by atoms with Gasteiger partial charge in [-0.3, -0.25) is 0 Å². The zero-order chi connectivity index (χ0) is 14.7. The van der Waals surface area contributed by atoms with E-state index in [0.717, 1.165) is 31.0 Å². The minimum atomic E-state index is 0.336. The standard InChI is InChI=1S/C15H24N4O2/c1-3-16-13-8-14(19-15(18-13)9-20-4-2)17-11-7-10-5-6-12(11)21-10/h8,10-12H,3-7,9H2,1-2H3,(H2,16,17,18,19). The largest absolute Gasteiger partial charge is 0.374 e. The zero-order valence-corrected chi connectivity index (χ0v) is 12.8. The summed E-state index contributed by atoms with van der Waals surface area (Å²) in [5.41, 5.74) is 0. The lowest BCUT2D eigenvalue weighted by Crippen LogP contribution is -2.31. The second kappa shape index (κ2) is 6.58. The second-order valence-electron chi connectivity index (χ2n) is 5.58. The summed E-state index contributed by atoms with van der Waals surface area (Å²) in [6.45, 7) is 5.97. The van der Waals surface area contributed by atoms with Gasteiger partial charge in [0.05, 0.1) is 18.2 Å². The molecule has 0 amide bonds. The van der Waals surface area contributed by atoms with Crippen LogP contribution in [0.25, 0.3) is 0 Å². The van der Waals surface area contributed by atoms with Gasteiger partial charge in [-0.1, -0.05) is 0 Å². The van der Waals surface area contributed by atoms with Crippen molar-refractivity contribution >= 4 is 11.6 Å². The SMILES string of the molecule is CCNc1cc(NC2CC3CCC2O3)nc(COCC)n1. The highest BCUT2D eigenvalue weighted by Gasteiger charge is 2.40. The molecule has 3 heterocycles. The summed E-state index contributed by atoms with van der Waals surface area (Å²) in [5.74, 6) is 2.41. The van der Waals surface area contributed by atoms with Crippen molar-refractivity contribution in [3.63, 3.8) is 0 Å². The first kappa shape index (κ1) is 14.5. The molecule has 3 rings (SSSR count). The molecule has 0 aromatic carbocycles. The van der Waals surface area contributed by atoms with Gasteiger partial charge in [-0.2, -0.15) is 0 Å². The summed E-state index contributed by atoms with van der Waals surface area (Å²) >= 11 is 0. The zero-order valence-electron chi connectivity index (χ0n) is 12.8. The Morgan fingerprint density at radius 1 is 1.29 bits per heavy atom. The lowest BCUT2D eigenvalue weighted by atomic mass is 9.95. The number of rotatable bonds is 7. The number of anilines is 2. The van der Waals surface area contributed by atoms with Crippen LogP contribution in [-0.4, -0.2) is 41.4 Å². The normalized spacial score (nSPS) is 27.0. The molecule has 2 fully saturated rings. The first-order chi connectivity index (χ1) is 10.3. The van der Waals surface area contributed by atoms with Gasteiger partial charge in [-0.15, -0.1) is 0 Å². The highest BCUT2D eigenvalue weighted by Crippen LogP contribution is 2.35. The Balaban J connectivity index is 1.71. The topological polar surface area (TPSA) is 68.3 Å². The van der Waals surface area contributed by atoms with Crippen molar-refractivity contribution < 1.29 is 9.47 Å². The summed E-state index contributed by atoms with van der Waals surface area (Å²) in [7, 11) is 0. The van der Waals surface area contributed by atoms with Crippen LogP contribution in [0.4, 0.5) is 11.6 Å². The van der Waals surface area contributed by atoms with Gasteiger partial charge in [0.1, 0.15) is 18.2 Å². The van der Waals surface area contributed by atoms with E-state index in [1.54, 1.807) is 0 Å². The van der Waals surface area contributed by atoms with Crippen LogP contribution in [0.2, 0.25) is 0 Å². The van der Waals surface area contributed by atoms with Gasteiger partial charge in [-0.25, -0.2) is 9.97 Å². The lowest BCUT2D eigenvalue weighted by molar-refractivity contribution is 0.102. The Kier molecular flexibility index (Phi) is 4.55. The Bertz CT molecular complexity index is 483. The molecule has 3 atom stereocenters. The third-order valence-electron chi connectivity index (χ3n) is 4.00. The predicted molar refractivity (Wildman–Crippen MR) is 81.4 cm³/mol. The summed E-state index contributed by atoms with van der Waals surface area (Å²) in [4.78, 5) is 9.02. The third kappa shape index (κ3) is 3.44. The molecule has 0 aliphatic carbocycles. The molecule has 6 nitrogen and oxygen atoms in total. The van der Waals surface area contributed by atoms with E-state index in [9.17, 15) is 0 Å². The van der Waals surface area contributed by atoms with Gasteiger partial charge in [0.25, 0.3) is 0 Å². The van der Waals surface area contributed by atoms with Crippen LogP contribution in [0.3, 0.4) is 0 Å². The molecule has 1 aromatic rings. The molecule has 1 aromatic heterocycles. The maximum Gasteiger partial charge on any atom is 0.158 e. The van der Waals surface area contributed by atoms with Crippen molar-refractivity contribution in [1.82, 2.24) is 9.97 Å². The molecule has 2 bridgehead atoms. The van der Waals surface area contributed by atoms with Crippen LogP contribution in [0.5, 0.6) is 0 Å². The summed E-state index contributed by atoms with van der Waals surface area (Å²) < 4.78 is 11.3. The van der Waals surface area contributed by atoms with Crippen LogP contribution in [0, 0.1) is 0 Å². The van der Waals surface area contributed by atoms with Crippen LogP contribution in [-0.2, 0) is 16.1 Å². The van der Waals surface area contributed by atoms with Crippen LogP contribution in [0.1, 0.15) is 38.9 Å². The quantitative estimate of drug-likeness (QED) is 0.803. The number of nitrogens with one attached hydrogen (secondary N) is 2. The Hall–Kier alpha value is -1.40. The number of nitrogens with zero attached hydrogens (tertiary/aromatic N) is 2. The van der Waals surface area contributed by atoms with E-state index in [-0.39, 0.29) is 0 Å². The van der Waals surface area contributed by atoms with E-state index >= 15 is 0 Å². The Morgan fingerprint density at radius 2 is 2.14 bits per heavy atom. The van der Waals surface area contributed by atoms with E-state index < -0.39 is 0 Å². The van der Waals surface area contributed by atoms with E-state index in [2.05, 4.69) is 27.5 Å². The second-order valence-corrected chi connectivity index (χ2v) is 5.58. The maximum atomic E-state index is 5.88. The van der Waals surface area contributed by atoms with Gasteiger partial charge in [0.2, 0.25) is 0 Å². The Labute approximate surface area is 125 Å². The predicted octanol–water partition coefficient (Wildman–Crippen LogP) is 2.18. The molecule has 3 unspecified atom stereocenters. The number of hydrogen-bond acceptors (Lipinski definition) is 6. The third-order valence-corrected chi connectivity index (χ3v) is 4.00. The molecule has 2 N–H and O–H groups in total. The first-order valence-corrected chi connectivity index (χ1v) is 7.90. The highest BCUT2D eigenvalue weighted by molar-refractivity contribution is 5.48. The van der Waals surface area contributed by atoms with Crippen molar-refractivity contribution in [1.29, 1.82) is 0 Å². The molecular weight excluding hydrogens is 268 g/mol. The van der Waals surface area contributed by atoms with Crippen molar-refractivity contribution in [3.8, 4) is 0 Å². The van der Waals surface area contributed by atoms with Gasteiger partial charge < -0.3 is 20.1 Å². The van der Waals surface area contributed by atoms with Crippen LogP contribution in [0.15, 0.2) is 6.07 Å². The minimum absolute atomic E-state index is 0.336. The van der Waals surface area contributed by atoms with Crippen molar-refractivity contribution in [3.05, 3.63) is 11.9 Å². The molecule has 116 valence electrons. The molecule has 6 heteroatoms. The van der Waals surface area contributed by atoms with E-state index in [4.69, 9.17) is 9.47 Å². The van der Waals surface area contributed by atoms with E-state index in [1.165, 1.54) is 6.42 Å². The summed E-state index contributed by atoms with van der Waals surface area (Å²) in [6, 6.07) is 2.33. The van der Waals surface area contributed by atoms with Gasteiger partial charge >= 0.3 is 0 Å². The average Bonchev–Trinajstić information content (AvgIpc) is 3.08. The van der Waals surface area contributed by atoms with E-state index in [1.807, 2.05) is 13.0 Å². The first-order valence-electron chi connectivity index (χ1n) is 7.90. The summed E-state index contributed by atoms with van der Waals surface area (Å²) in [6.07, 6.45) is 4.20. The van der Waals surface area contributed by atoms with E-state index in [0.29, 0.717) is 37.3 Å². The molecule has 0 saturated carbocycles. The van der Waals surface area contributed by atoms with Gasteiger partial charge in [0.15, 0.2) is 5.82 Å². The lowest BCUT2D eigenvalue weighted by Gasteiger charge is -2.21. The number of fused-ring (bicyclic) bond motifs is 2. The number of ether oxygens (including phenoxy) is 2. The smallest absolute Gasteiger partial charge is 0.158 e. The highest BCUT2D eigenvalue weighted by atomic mass is 16.5. The molecule has 2 aliphatic heterocycles. The fourth-order valence-electron chi connectivity index (χ4n) is 3.08.